The van der Waals surface area contributed by atoms with Crippen LogP contribution in [0.5, 0.6) is 0 Å². The number of hydrogen-bond acceptors (Lipinski definition) is 6. The third kappa shape index (κ3) is 4.93. The Morgan fingerprint density at radius 2 is 1.96 bits per heavy atom. The van der Waals surface area contributed by atoms with Crippen LogP contribution < -0.4 is 11.2 Å². The summed E-state index contributed by atoms with van der Waals surface area (Å²) in [5.74, 6) is 0.0440. The van der Waals surface area contributed by atoms with Crippen molar-refractivity contribution < 1.29 is 28.6 Å². The van der Waals surface area contributed by atoms with Gasteiger partial charge in [-0.3, -0.25) is 18.9 Å². The van der Waals surface area contributed by atoms with Crippen LogP contribution >= 0.6 is 7.60 Å². The maximum atomic E-state index is 12.4. The van der Waals surface area contributed by atoms with E-state index >= 15 is 0 Å². The van der Waals surface area contributed by atoms with Crippen molar-refractivity contribution in [1.82, 2.24) is 9.55 Å². The number of nitrogens with one attached hydrogen (secondary N) is 1. The van der Waals surface area contributed by atoms with Crippen molar-refractivity contribution in [3.8, 4) is 0 Å². The number of esters is 1. The highest BCUT2D eigenvalue weighted by Gasteiger charge is 2.39. The molecule has 11 heteroatoms. The molecule has 2 heterocycles. The lowest BCUT2D eigenvalue weighted by Crippen LogP contribution is -2.36. The van der Waals surface area contributed by atoms with E-state index in [0.717, 1.165) is 16.7 Å². The van der Waals surface area contributed by atoms with Crippen molar-refractivity contribution >= 4 is 13.6 Å². The molecule has 0 bridgehead atoms. The molecule has 1 aliphatic rings. The predicted molar refractivity (Wildman–Crippen MR) is 96.7 cm³/mol. The molecule has 1 saturated heterocycles. The van der Waals surface area contributed by atoms with Crippen LogP contribution in [0.4, 0.5) is 0 Å². The zero-order valence-corrected chi connectivity index (χ0v) is 15.3. The van der Waals surface area contributed by atoms with Crippen molar-refractivity contribution in [2.45, 2.75) is 24.9 Å². The lowest BCUT2D eigenvalue weighted by Gasteiger charge is -2.20. The molecule has 0 spiro atoms. The Morgan fingerprint density at radius 1 is 1.25 bits per heavy atom. The van der Waals surface area contributed by atoms with Gasteiger partial charge in [0.05, 0.1) is 11.7 Å². The fraction of sp³-hybridized carbons (Fsp3) is 0.235. The summed E-state index contributed by atoms with van der Waals surface area (Å²) < 4.78 is 23.2. The molecule has 1 fully saturated rings. The Kier molecular flexibility index (Phi) is 5.76. The van der Waals surface area contributed by atoms with Crippen molar-refractivity contribution in [3.05, 3.63) is 80.9 Å². The van der Waals surface area contributed by atoms with E-state index < -0.39 is 43.2 Å². The van der Waals surface area contributed by atoms with Gasteiger partial charge in [-0.15, -0.1) is 0 Å². The Labute approximate surface area is 158 Å². The second kappa shape index (κ2) is 8.07. The summed E-state index contributed by atoms with van der Waals surface area (Å²) in [6.07, 6.45) is -0.410. The van der Waals surface area contributed by atoms with Crippen molar-refractivity contribution in [1.29, 1.82) is 0 Å². The molecular weight excluding hydrogens is 391 g/mol. The molecule has 1 aromatic carbocycles. The molecular formula is C17H17N2O8P. The molecule has 28 heavy (non-hydrogen) atoms. The van der Waals surface area contributed by atoms with Crippen LogP contribution in [0.2, 0.25) is 0 Å². The van der Waals surface area contributed by atoms with Gasteiger partial charge in [0.15, 0.2) is 12.3 Å². The smallest absolute Gasteiger partial charge is 0.348 e. The average Bonchev–Trinajstić information content (AvgIpc) is 3.03. The minimum Gasteiger partial charge on any atom is -0.454 e. The summed E-state index contributed by atoms with van der Waals surface area (Å²) in [4.78, 5) is 55.8. The second-order valence-electron chi connectivity index (χ2n) is 6.06. The van der Waals surface area contributed by atoms with Crippen LogP contribution in [-0.4, -0.2) is 37.5 Å². The summed E-state index contributed by atoms with van der Waals surface area (Å²) in [6, 6.07) is 9.30. The summed E-state index contributed by atoms with van der Waals surface area (Å²) in [5.41, 5.74) is -1.07. The first kappa shape index (κ1) is 20.0. The van der Waals surface area contributed by atoms with E-state index in [1.807, 2.05) is 0 Å². The Hall–Kier alpha value is -2.78. The SMILES string of the molecule is O=C(O[C@@H]1C[C@@H](/C=C/P(=O)(O)O)O[C@H]1n1ccc(=O)[nH]c1=O)c1ccccc1. The number of H-pyrrole nitrogens is 1. The molecule has 0 aliphatic carbocycles. The van der Waals surface area contributed by atoms with E-state index in [9.17, 15) is 18.9 Å². The zero-order valence-electron chi connectivity index (χ0n) is 14.4. The van der Waals surface area contributed by atoms with Gasteiger partial charge in [0.2, 0.25) is 0 Å². The first-order chi connectivity index (χ1) is 13.2. The number of benzene rings is 1. The number of ether oxygens (including phenoxy) is 2. The summed E-state index contributed by atoms with van der Waals surface area (Å²) in [7, 11) is -4.41. The molecule has 1 aromatic heterocycles. The Morgan fingerprint density at radius 3 is 2.61 bits per heavy atom. The lowest BCUT2D eigenvalue weighted by atomic mass is 10.2. The van der Waals surface area contributed by atoms with E-state index in [2.05, 4.69) is 4.98 Å². The monoisotopic (exact) mass is 408 g/mol. The highest BCUT2D eigenvalue weighted by Crippen LogP contribution is 2.38. The number of aromatic amines is 1. The molecule has 148 valence electrons. The topological polar surface area (TPSA) is 148 Å². The van der Waals surface area contributed by atoms with Crippen molar-refractivity contribution in [2.24, 2.45) is 0 Å². The van der Waals surface area contributed by atoms with E-state index in [1.54, 1.807) is 30.3 Å². The van der Waals surface area contributed by atoms with Gasteiger partial charge in [0, 0.05) is 24.5 Å². The zero-order chi connectivity index (χ0) is 20.3. The number of rotatable bonds is 5. The number of carbonyl (C=O) groups excluding carboxylic acids is 1. The molecule has 3 N–H and O–H groups in total. The highest BCUT2D eigenvalue weighted by molar-refractivity contribution is 7.55. The standard InChI is InChI=1S/C17H17N2O8P/c20-14-6-8-19(17(22)18-14)15-13(10-12(26-15)7-9-28(23,24)25)27-16(21)11-4-2-1-3-5-11/h1-9,12-13,15H,10H2,(H,18,20,22)(H2,23,24,25)/b9-7+/t12-,13-,15-/m1/s1. The number of carbonyl (C=O) groups is 1. The van der Waals surface area contributed by atoms with Gasteiger partial charge in [-0.05, 0) is 18.2 Å². The number of hydrogen-bond donors (Lipinski definition) is 3. The van der Waals surface area contributed by atoms with Gasteiger partial charge in [-0.25, -0.2) is 9.59 Å². The normalized spacial score (nSPS) is 22.4. The predicted octanol–water partition coefficient (Wildman–Crippen LogP) is 0.741. The lowest BCUT2D eigenvalue weighted by molar-refractivity contribution is -0.0421. The van der Waals surface area contributed by atoms with Gasteiger partial charge in [-0.1, -0.05) is 18.2 Å². The van der Waals surface area contributed by atoms with E-state index in [0.29, 0.717) is 11.4 Å². The summed E-state index contributed by atoms with van der Waals surface area (Å²) in [5, 5.41) is 0. The van der Waals surface area contributed by atoms with Crippen LogP contribution in [0.3, 0.4) is 0 Å². The molecule has 0 unspecified atom stereocenters. The fourth-order valence-corrected chi connectivity index (χ4v) is 3.17. The third-order valence-electron chi connectivity index (χ3n) is 3.99. The molecule has 0 saturated carbocycles. The van der Waals surface area contributed by atoms with E-state index in [-0.39, 0.29) is 6.42 Å². The number of nitrogens with zero attached hydrogens (tertiary/aromatic N) is 1. The Bertz CT molecular complexity index is 1040. The average molecular weight is 408 g/mol. The molecule has 0 radical (unpaired) electrons. The molecule has 2 aromatic rings. The summed E-state index contributed by atoms with van der Waals surface area (Å²) in [6.45, 7) is 0. The maximum absolute atomic E-state index is 12.4. The second-order valence-corrected chi connectivity index (χ2v) is 7.53. The van der Waals surface area contributed by atoms with Crippen molar-refractivity contribution in [2.75, 3.05) is 0 Å². The van der Waals surface area contributed by atoms with E-state index in [1.165, 1.54) is 6.20 Å². The maximum Gasteiger partial charge on any atom is 0.348 e. The van der Waals surface area contributed by atoms with Gasteiger partial charge in [-0.2, -0.15) is 0 Å². The first-order valence-electron chi connectivity index (χ1n) is 8.20. The number of aromatic nitrogens is 2. The quantitative estimate of drug-likeness (QED) is 0.485. The van der Waals surface area contributed by atoms with Crippen LogP contribution in [0.25, 0.3) is 0 Å². The first-order valence-corrected chi connectivity index (χ1v) is 9.89. The fourth-order valence-electron chi connectivity index (χ4n) is 2.76. The van der Waals surface area contributed by atoms with Gasteiger partial charge < -0.3 is 19.3 Å². The van der Waals surface area contributed by atoms with E-state index in [4.69, 9.17) is 19.3 Å². The highest BCUT2D eigenvalue weighted by atomic mass is 31.2. The molecule has 3 rings (SSSR count). The Balaban J connectivity index is 1.88. The largest absolute Gasteiger partial charge is 0.454 e. The minimum atomic E-state index is -4.41. The molecule has 1 aliphatic heterocycles. The molecule has 3 atom stereocenters. The van der Waals surface area contributed by atoms with Crippen LogP contribution in [0.15, 0.2) is 64.1 Å². The van der Waals surface area contributed by atoms with Crippen LogP contribution in [0, 0.1) is 0 Å². The van der Waals surface area contributed by atoms with Gasteiger partial charge >= 0.3 is 19.3 Å². The third-order valence-corrected chi connectivity index (χ3v) is 4.55. The van der Waals surface area contributed by atoms with Crippen LogP contribution in [-0.2, 0) is 14.0 Å². The molecule has 0 amide bonds. The minimum absolute atomic E-state index is 0.0608. The van der Waals surface area contributed by atoms with Crippen molar-refractivity contribution in [3.63, 3.8) is 0 Å². The van der Waals surface area contributed by atoms with Gasteiger partial charge in [0.25, 0.3) is 5.56 Å². The van der Waals surface area contributed by atoms with Crippen LogP contribution in [0.1, 0.15) is 23.0 Å². The summed E-state index contributed by atoms with van der Waals surface area (Å²) >= 11 is 0. The molecule has 10 nitrogen and oxygen atoms in total. The van der Waals surface area contributed by atoms with Gasteiger partial charge in [0.1, 0.15) is 0 Å².